The minimum absolute atomic E-state index is 0.419. The highest BCUT2D eigenvalue weighted by atomic mass is 32.1. The average Bonchev–Trinajstić information content (AvgIpc) is 2.73. The van der Waals surface area contributed by atoms with E-state index in [0.29, 0.717) is 11.0 Å². The van der Waals surface area contributed by atoms with Crippen molar-refractivity contribution in [1.82, 2.24) is 0 Å². The zero-order valence-corrected chi connectivity index (χ0v) is 12.6. The van der Waals surface area contributed by atoms with Crippen LogP contribution in [0.15, 0.2) is 42.5 Å². The number of benzene rings is 2. The number of para-hydroxylation sites is 1. The summed E-state index contributed by atoms with van der Waals surface area (Å²) >= 11 is 5.22. The van der Waals surface area contributed by atoms with Crippen molar-refractivity contribution in [2.75, 3.05) is 4.90 Å². The number of hydrogen-bond acceptors (Lipinski definition) is 2. The van der Waals surface area contributed by atoms with Gasteiger partial charge in [0.1, 0.15) is 4.99 Å². The Morgan fingerprint density at radius 1 is 1.20 bits per heavy atom. The van der Waals surface area contributed by atoms with Gasteiger partial charge in [0.2, 0.25) is 0 Å². The summed E-state index contributed by atoms with van der Waals surface area (Å²) in [5, 5.41) is 0. The molecule has 1 unspecified atom stereocenters. The van der Waals surface area contributed by atoms with Crippen LogP contribution >= 0.6 is 12.2 Å². The van der Waals surface area contributed by atoms with Crippen LogP contribution in [0.1, 0.15) is 23.6 Å². The summed E-state index contributed by atoms with van der Waals surface area (Å²) in [7, 11) is 0. The highest BCUT2D eigenvalue weighted by Gasteiger charge is 2.28. The van der Waals surface area contributed by atoms with E-state index in [2.05, 4.69) is 55.1 Å². The molecule has 1 heterocycles. The van der Waals surface area contributed by atoms with Crippen molar-refractivity contribution >= 4 is 28.6 Å². The van der Waals surface area contributed by atoms with Gasteiger partial charge in [0.25, 0.3) is 0 Å². The van der Waals surface area contributed by atoms with Crippen LogP contribution in [-0.4, -0.2) is 11.0 Å². The van der Waals surface area contributed by atoms with Crippen molar-refractivity contribution in [3.05, 3.63) is 59.2 Å². The van der Waals surface area contributed by atoms with Gasteiger partial charge in [-0.3, -0.25) is 0 Å². The van der Waals surface area contributed by atoms with Gasteiger partial charge in [-0.1, -0.05) is 36.5 Å². The fourth-order valence-electron chi connectivity index (χ4n) is 2.98. The van der Waals surface area contributed by atoms with Gasteiger partial charge in [0, 0.05) is 17.3 Å². The molecule has 0 saturated carbocycles. The number of fused-ring (bicyclic) bond motifs is 1. The summed E-state index contributed by atoms with van der Waals surface area (Å²) in [5.74, 6) is 0. The highest BCUT2D eigenvalue weighted by molar-refractivity contribution is 7.80. The minimum atomic E-state index is 0.419. The molecule has 0 amide bonds. The maximum atomic E-state index is 5.90. The van der Waals surface area contributed by atoms with E-state index in [0.717, 1.165) is 17.7 Å². The molecule has 3 rings (SSSR count). The Bertz CT molecular complexity index is 678. The Labute approximate surface area is 125 Å². The van der Waals surface area contributed by atoms with Crippen molar-refractivity contribution in [1.29, 1.82) is 0 Å². The molecule has 2 aromatic rings. The third kappa shape index (κ3) is 2.08. The Hall–Kier alpha value is -1.87. The van der Waals surface area contributed by atoms with E-state index in [1.807, 2.05) is 6.07 Å². The van der Waals surface area contributed by atoms with Crippen molar-refractivity contribution in [2.24, 2.45) is 5.73 Å². The lowest BCUT2D eigenvalue weighted by Crippen LogP contribution is -2.26. The summed E-state index contributed by atoms with van der Waals surface area (Å²) in [6.45, 7) is 4.34. The lowest BCUT2D eigenvalue weighted by atomic mass is 10.1. The van der Waals surface area contributed by atoms with Crippen molar-refractivity contribution in [2.45, 2.75) is 26.3 Å². The third-order valence-electron chi connectivity index (χ3n) is 3.89. The summed E-state index contributed by atoms with van der Waals surface area (Å²) < 4.78 is 0. The molecule has 0 radical (unpaired) electrons. The maximum Gasteiger partial charge on any atom is 0.106 e. The standard InChI is InChI=1S/C17H18N2S/c1-11-7-8-14(17(18)20)16(9-11)19-12(2)10-13-5-3-4-6-15(13)19/h3-9,12H,10H2,1-2H3,(H2,18,20). The first-order valence-electron chi connectivity index (χ1n) is 6.85. The third-order valence-corrected chi connectivity index (χ3v) is 4.11. The second-order valence-corrected chi connectivity index (χ2v) is 5.88. The van der Waals surface area contributed by atoms with E-state index >= 15 is 0 Å². The lowest BCUT2D eigenvalue weighted by Gasteiger charge is -2.27. The van der Waals surface area contributed by atoms with E-state index < -0.39 is 0 Å². The monoisotopic (exact) mass is 282 g/mol. The van der Waals surface area contributed by atoms with Crippen LogP contribution in [-0.2, 0) is 6.42 Å². The molecule has 0 aromatic heterocycles. The van der Waals surface area contributed by atoms with Crippen LogP contribution in [0.2, 0.25) is 0 Å². The van der Waals surface area contributed by atoms with Gasteiger partial charge < -0.3 is 10.6 Å². The van der Waals surface area contributed by atoms with Crippen molar-refractivity contribution in [3.8, 4) is 0 Å². The predicted molar refractivity (Wildman–Crippen MR) is 88.8 cm³/mol. The molecule has 1 aliphatic heterocycles. The van der Waals surface area contributed by atoms with E-state index in [1.165, 1.54) is 16.8 Å². The smallest absolute Gasteiger partial charge is 0.106 e. The maximum absolute atomic E-state index is 5.90. The molecular weight excluding hydrogens is 264 g/mol. The summed E-state index contributed by atoms with van der Waals surface area (Å²) in [5.41, 5.74) is 11.8. The molecule has 1 aliphatic rings. The van der Waals surface area contributed by atoms with E-state index in [-0.39, 0.29) is 0 Å². The first-order chi connectivity index (χ1) is 9.58. The lowest BCUT2D eigenvalue weighted by molar-refractivity contribution is 0.758. The molecule has 20 heavy (non-hydrogen) atoms. The second-order valence-electron chi connectivity index (χ2n) is 5.44. The number of aryl methyl sites for hydroxylation is 1. The van der Waals surface area contributed by atoms with Gasteiger partial charge in [0.05, 0.1) is 5.69 Å². The van der Waals surface area contributed by atoms with Crippen LogP contribution in [0, 0.1) is 6.92 Å². The average molecular weight is 282 g/mol. The molecule has 0 saturated heterocycles. The Morgan fingerprint density at radius 2 is 1.95 bits per heavy atom. The van der Waals surface area contributed by atoms with Crippen LogP contribution in [0.3, 0.4) is 0 Å². The topological polar surface area (TPSA) is 29.3 Å². The molecule has 1 atom stereocenters. The first kappa shape index (κ1) is 13.1. The summed E-state index contributed by atoms with van der Waals surface area (Å²) in [6, 6.07) is 15.2. The number of nitrogens with two attached hydrogens (primary N) is 1. The van der Waals surface area contributed by atoms with Crippen molar-refractivity contribution in [3.63, 3.8) is 0 Å². The summed E-state index contributed by atoms with van der Waals surface area (Å²) in [4.78, 5) is 2.81. The second kappa shape index (κ2) is 4.91. The van der Waals surface area contributed by atoms with Gasteiger partial charge in [-0.05, 0) is 49.6 Å². The zero-order valence-electron chi connectivity index (χ0n) is 11.8. The highest BCUT2D eigenvalue weighted by Crippen LogP contribution is 2.39. The van der Waals surface area contributed by atoms with Gasteiger partial charge >= 0.3 is 0 Å². The van der Waals surface area contributed by atoms with Gasteiger partial charge in [0.15, 0.2) is 0 Å². The predicted octanol–water partition coefficient (Wildman–Crippen LogP) is 3.71. The van der Waals surface area contributed by atoms with Crippen LogP contribution in [0.4, 0.5) is 11.4 Å². The molecule has 3 heteroatoms. The molecule has 2 N–H and O–H groups in total. The minimum Gasteiger partial charge on any atom is -0.389 e. The van der Waals surface area contributed by atoms with Crippen LogP contribution in [0.25, 0.3) is 0 Å². The fourth-order valence-corrected chi connectivity index (χ4v) is 3.15. The largest absolute Gasteiger partial charge is 0.389 e. The van der Waals surface area contributed by atoms with Crippen molar-refractivity contribution < 1.29 is 0 Å². The van der Waals surface area contributed by atoms with E-state index in [1.54, 1.807) is 0 Å². The number of anilines is 2. The SMILES string of the molecule is Cc1ccc(C(N)=S)c(N2c3ccccc3CC2C)c1. The van der Waals surface area contributed by atoms with Gasteiger partial charge in [-0.15, -0.1) is 0 Å². The van der Waals surface area contributed by atoms with Gasteiger partial charge in [-0.2, -0.15) is 0 Å². The van der Waals surface area contributed by atoms with E-state index in [4.69, 9.17) is 18.0 Å². The molecule has 0 bridgehead atoms. The van der Waals surface area contributed by atoms with Crippen LogP contribution < -0.4 is 10.6 Å². The normalized spacial score (nSPS) is 17.1. The zero-order chi connectivity index (χ0) is 14.3. The quantitative estimate of drug-likeness (QED) is 0.851. The molecule has 102 valence electrons. The molecule has 2 nitrogen and oxygen atoms in total. The summed E-state index contributed by atoms with van der Waals surface area (Å²) in [6.07, 6.45) is 1.06. The molecule has 0 fully saturated rings. The number of thiocarbonyl (C=S) groups is 1. The Morgan fingerprint density at radius 3 is 2.70 bits per heavy atom. The number of nitrogens with zero attached hydrogens (tertiary/aromatic N) is 1. The van der Waals surface area contributed by atoms with Gasteiger partial charge in [-0.25, -0.2) is 0 Å². The molecular formula is C17H18N2S. The first-order valence-corrected chi connectivity index (χ1v) is 7.26. The van der Waals surface area contributed by atoms with Crippen LogP contribution in [0.5, 0.6) is 0 Å². The number of rotatable bonds is 2. The van der Waals surface area contributed by atoms with E-state index in [9.17, 15) is 0 Å². The fraction of sp³-hybridized carbons (Fsp3) is 0.235. The Balaban J connectivity index is 2.18. The molecule has 0 aliphatic carbocycles. The molecule has 2 aromatic carbocycles. The number of hydrogen-bond donors (Lipinski definition) is 1. The Kier molecular flexibility index (Phi) is 3.22. The molecule has 0 spiro atoms.